The molecular weight excluding hydrogens is 519 g/mol. The molecule has 10 heteroatoms. The zero-order chi connectivity index (χ0) is 20.8. The van der Waals surface area contributed by atoms with Gasteiger partial charge in [0.2, 0.25) is 0 Å². The third kappa shape index (κ3) is 6.72. The topological polar surface area (TPSA) is 68.3 Å². The number of ether oxygens (including phenoxy) is 1. The first-order valence-electron chi connectivity index (χ1n) is 8.15. The summed E-state index contributed by atoms with van der Waals surface area (Å²) in [7, 11) is 0. The van der Waals surface area contributed by atoms with Crippen molar-refractivity contribution in [2.75, 3.05) is 17.7 Å². The van der Waals surface area contributed by atoms with Gasteiger partial charge in [0, 0.05) is 25.3 Å². The smallest absolute Gasteiger partial charge is 0.316 e. The van der Waals surface area contributed by atoms with E-state index in [9.17, 15) is 9.59 Å². The Morgan fingerprint density at radius 2 is 2.03 bits per heavy atom. The van der Waals surface area contributed by atoms with E-state index in [1.54, 1.807) is 18.2 Å². The Morgan fingerprint density at radius 3 is 2.83 bits per heavy atom. The SMILES string of the molecule is O=C(COC(=O)CSc1cc(Cl)ccc1Cl)Nc1nc(-c2cccc(Br)c2)cs1. The Kier molecular flexibility index (Phi) is 7.97. The van der Waals surface area contributed by atoms with Crippen molar-refractivity contribution in [3.63, 3.8) is 0 Å². The van der Waals surface area contributed by atoms with Crippen LogP contribution >= 0.6 is 62.2 Å². The van der Waals surface area contributed by atoms with E-state index in [4.69, 9.17) is 27.9 Å². The Bertz CT molecular complexity index is 1050. The zero-order valence-electron chi connectivity index (χ0n) is 14.7. The third-order valence-corrected chi connectivity index (χ3v) is 6.43. The monoisotopic (exact) mass is 530 g/mol. The van der Waals surface area contributed by atoms with Crippen molar-refractivity contribution in [3.8, 4) is 11.3 Å². The van der Waals surface area contributed by atoms with Crippen molar-refractivity contribution in [2.45, 2.75) is 4.90 Å². The second kappa shape index (κ2) is 10.4. The van der Waals surface area contributed by atoms with Crippen LogP contribution in [0.4, 0.5) is 5.13 Å². The number of nitrogens with zero attached hydrogens (tertiary/aromatic N) is 1. The fraction of sp³-hybridized carbons (Fsp3) is 0.105. The van der Waals surface area contributed by atoms with E-state index in [1.165, 1.54) is 23.1 Å². The van der Waals surface area contributed by atoms with Gasteiger partial charge in [0.15, 0.2) is 11.7 Å². The van der Waals surface area contributed by atoms with Gasteiger partial charge in [-0.15, -0.1) is 23.1 Å². The summed E-state index contributed by atoms with van der Waals surface area (Å²) >= 11 is 17.9. The van der Waals surface area contributed by atoms with Crippen LogP contribution in [0.15, 0.2) is 57.2 Å². The lowest BCUT2D eigenvalue weighted by Crippen LogP contribution is -2.21. The van der Waals surface area contributed by atoms with E-state index in [1.807, 2.05) is 29.6 Å². The van der Waals surface area contributed by atoms with Crippen LogP contribution in [-0.2, 0) is 14.3 Å². The minimum atomic E-state index is -0.532. The van der Waals surface area contributed by atoms with E-state index >= 15 is 0 Å². The second-order valence-electron chi connectivity index (χ2n) is 5.62. The summed E-state index contributed by atoms with van der Waals surface area (Å²) in [5.74, 6) is -0.980. The summed E-state index contributed by atoms with van der Waals surface area (Å²) in [5.41, 5.74) is 1.68. The molecule has 0 unspecified atom stereocenters. The second-order valence-corrected chi connectivity index (χ2v) is 9.26. The molecular formula is C19H13BrCl2N2O3S2. The Hall–Kier alpha value is -1.58. The van der Waals surface area contributed by atoms with Gasteiger partial charge in [-0.1, -0.05) is 51.3 Å². The molecule has 0 atom stereocenters. The molecule has 0 saturated carbocycles. The molecule has 150 valence electrons. The molecule has 0 aliphatic rings. The van der Waals surface area contributed by atoms with Gasteiger partial charge < -0.3 is 4.74 Å². The van der Waals surface area contributed by atoms with E-state index in [-0.39, 0.29) is 5.75 Å². The number of aromatic nitrogens is 1. The molecule has 0 radical (unpaired) electrons. The highest BCUT2D eigenvalue weighted by atomic mass is 79.9. The van der Waals surface area contributed by atoms with Gasteiger partial charge >= 0.3 is 5.97 Å². The number of benzene rings is 2. The van der Waals surface area contributed by atoms with Crippen LogP contribution in [0.2, 0.25) is 10.0 Å². The number of hydrogen-bond donors (Lipinski definition) is 1. The standard InChI is InChI=1S/C19H13BrCl2N2O3S2/c20-12-3-1-2-11(6-12)15-9-29-19(23-15)24-17(25)8-27-18(26)10-28-16-7-13(21)4-5-14(16)22/h1-7,9H,8,10H2,(H,23,24,25). The summed E-state index contributed by atoms with van der Waals surface area (Å²) in [5, 5.41) is 5.92. The number of nitrogens with one attached hydrogen (secondary N) is 1. The normalized spacial score (nSPS) is 10.6. The maximum Gasteiger partial charge on any atom is 0.316 e. The number of anilines is 1. The Labute approximate surface area is 193 Å². The average Bonchev–Trinajstić information content (AvgIpc) is 3.15. The summed E-state index contributed by atoms with van der Waals surface area (Å²) in [6.07, 6.45) is 0. The fourth-order valence-corrected chi connectivity index (χ4v) is 4.61. The molecule has 5 nitrogen and oxygen atoms in total. The molecule has 0 aliphatic carbocycles. The summed E-state index contributed by atoms with van der Waals surface area (Å²) < 4.78 is 5.94. The van der Waals surface area contributed by atoms with Gasteiger partial charge in [0.25, 0.3) is 5.91 Å². The zero-order valence-corrected chi connectivity index (χ0v) is 19.4. The Balaban J connectivity index is 1.46. The van der Waals surface area contributed by atoms with Crippen LogP contribution in [0.25, 0.3) is 11.3 Å². The fourth-order valence-electron chi connectivity index (χ4n) is 2.18. The number of hydrogen-bond acceptors (Lipinski definition) is 6. The van der Waals surface area contributed by atoms with Gasteiger partial charge in [0.05, 0.1) is 16.5 Å². The van der Waals surface area contributed by atoms with Gasteiger partial charge in [-0.3, -0.25) is 14.9 Å². The average molecular weight is 532 g/mol. The van der Waals surface area contributed by atoms with Gasteiger partial charge in [-0.05, 0) is 30.3 Å². The minimum Gasteiger partial charge on any atom is -0.455 e. The quantitative estimate of drug-likeness (QED) is 0.292. The number of thioether (sulfide) groups is 1. The number of amides is 1. The summed E-state index contributed by atoms with van der Waals surface area (Å²) in [4.78, 5) is 28.9. The largest absolute Gasteiger partial charge is 0.455 e. The van der Waals surface area contributed by atoms with E-state index in [0.717, 1.165) is 15.7 Å². The van der Waals surface area contributed by atoms with Crippen molar-refractivity contribution >= 4 is 79.2 Å². The molecule has 0 fully saturated rings. The van der Waals surface area contributed by atoms with E-state index in [0.29, 0.717) is 20.1 Å². The van der Waals surface area contributed by atoms with E-state index < -0.39 is 18.5 Å². The predicted molar refractivity (Wildman–Crippen MR) is 122 cm³/mol. The highest BCUT2D eigenvalue weighted by molar-refractivity contribution is 9.10. The molecule has 0 saturated heterocycles. The van der Waals surface area contributed by atoms with Crippen LogP contribution in [-0.4, -0.2) is 29.2 Å². The lowest BCUT2D eigenvalue weighted by molar-refractivity contribution is -0.144. The molecule has 1 amide bonds. The molecule has 2 aromatic carbocycles. The molecule has 1 N–H and O–H groups in total. The van der Waals surface area contributed by atoms with Crippen LogP contribution in [0, 0.1) is 0 Å². The maximum absolute atomic E-state index is 12.0. The molecule has 3 aromatic rings. The van der Waals surface area contributed by atoms with Gasteiger partial charge in [0.1, 0.15) is 0 Å². The van der Waals surface area contributed by atoms with Crippen molar-refractivity contribution in [3.05, 3.63) is 62.4 Å². The van der Waals surface area contributed by atoms with Crippen LogP contribution in [0.1, 0.15) is 0 Å². The van der Waals surface area contributed by atoms with Crippen LogP contribution in [0.5, 0.6) is 0 Å². The van der Waals surface area contributed by atoms with Crippen molar-refractivity contribution in [1.29, 1.82) is 0 Å². The van der Waals surface area contributed by atoms with Gasteiger partial charge in [-0.2, -0.15) is 0 Å². The summed E-state index contributed by atoms with van der Waals surface area (Å²) in [6, 6.07) is 12.7. The molecule has 0 aliphatic heterocycles. The molecule has 0 spiro atoms. The minimum absolute atomic E-state index is 0.0115. The number of carbonyl (C=O) groups excluding carboxylic acids is 2. The predicted octanol–water partition coefficient (Wildman–Crippen LogP) is 6.15. The van der Waals surface area contributed by atoms with Crippen molar-refractivity contribution in [1.82, 2.24) is 4.98 Å². The molecule has 29 heavy (non-hydrogen) atoms. The van der Waals surface area contributed by atoms with Crippen molar-refractivity contribution in [2.24, 2.45) is 0 Å². The highest BCUT2D eigenvalue weighted by Crippen LogP contribution is 2.30. The first-order valence-corrected chi connectivity index (χ1v) is 11.6. The number of esters is 1. The third-order valence-electron chi connectivity index (χ3n) is 3.47. The highest BCUT2D eigenvalue weighted by Gasteiger charge is 2.12. The first kappa shape index (κ1) is 22.1. The molecule has 1 heterocycles. The van der Waals surface area contributed by atoms with Crippen LogP contribution in [0.3, 0.4) is 0 Å². The Morgan fingerprint density at radius 1 is 1.21 bits per heavy atom. The van der Waals surface area contributed by atoms with Crippen molar-refractivity contribution < 1.29 is 14.3 Å². The number of halogens is 3. The van der Waals surface area contributed by atoms with E-state index in [2.05, 4.69) is 26.2 Å². The number of carbonyl (C=O) groups is 2. The lowest BCUT2D eigenvalue weighted by atomic mass is 10.2. The van der Waals surface area contributed by atoms with Crippen LogP contribution < -0.4 is 5.32 Å². The van der Waals surface area contributed by atoms with Gasteiger partial charge in [-0.25, -0.2) is 4.98 Å². The summed E-state index contributed by atoms with van der Waals surface area (Å²) in [6.45, 7) is -0.394. The lowest BCUT2D eigenvalue weighted by Gasteiger charge is -2.06. The number of rotatable bonds is 7. The first-order chi connectivity index (χ1) is 13.9. The molecule has 3 rings (SSSR count). The number of thiazole rings is 1. The maximum atomic E-state index is 12.0. The molecule has 0 bridgehead atoms. The molecule has 1 aromatic heterocycles.